The molecule has 1 aromatic carbocycles. The van der Waals surface area contributed by atoms with Crippen LogP contribution in [-0.2, 0) is 13.6 Å². The fourth-order valence-electron chi connectivity index (χ4n) is 3.03. The minimum Gasteiger partial charge on any atom is -0.350 e. The van der Waals surface area contributed by atoms with E-state index in [0.29, 0.717) is 24.3 Å². The Kier molecular flexibility index (Phi) is 2.66. The van der Waals surface area contributed by atoms with Gasteiger partial charge in [0.05, 0.1) is 28.0 Å². The van der Waals surface area contributed by atoms with Crippen molar-refractivity contribution in [3.8, 4) is 11.5 Å². The summed E-state index contributed by atoms with van der Waals surface area (Å²) in [4.78, 5) is 27.9. The number of nitrogens with one attached hydrogen (secondary N) is 1. The van der Waals surface area contributed by atoms with Crippen LogP contribution in [0.2, 0.25) is 0 Å². The van der Waals surface area contributed by atoms with E-state index in [2.05, 4.69) is 10.3 Å². The molecule has 6 nitrogen and oxygen atoms in total. The fraction of sp³-hybridized carbons (Fsp3) is 0.188. The summed E-state index contributed by atoms with van der Waals surface area (Å²) in [6.07, 6.45) is 0.824. The van der Waals surface area contributed by atoms with E-state index in [1.54, 1.807) is 6.07 Å². The summed E-state index contributed by atoms with van der Waals surface area (Å²) in [5, 5.41) is 2.90. The third-order valence-electron chi connectivity index (χ3n) is 4.14. The lowest BCUT2D eigenvalue weighted by atomic mass is 10.2. The molecule has 0 fully saturated rings. The maximum absolute atomic E-state index is 12.2. The fourth-order valence-corrected chi connectivity index (χ4v) is 3.03. The van der Waals surface area contributed by atoms with Gasteiger partial charge in [0.15, 0.2) is 12.1 Å². The Morgan fingerprint density at radius 1 is 1.27 bits per heavy atom. The number of rotatable bonds is 2. The molecule has 1 aliphatic heterocycles. The Morgan fingerprint density at radius 3 is 2.91 bits per heavy atom. The van der Waals surface area contributed by atoms with Gasteiger partial charge in [-0.2, -0.15) is 0 Å². The average Bonchev–Trinajstić information content (AvgIpc) is 3.01. The average molecular weight is 294 g/mol. The Balaban J connectivity index is 2.05. The van der Waals surface area contributed by atoms with Gasteiger partial charge in [-0.3, -0.25) is 9.59 Å². The third-order valence-corrected chi connectivity index (χ3v) is 4.14. The van der Waals surface area contributed by atoms with E-state index in [0.717, 1.165) is 28.8 Å². The number of aldehydes is 1. The van der Waals surface area contributed by atoms with Crippen molar-refractivity contribution >= 4 is 23.2 Å². The molecular weight excluding hydrogens is 280 g/mol. The second-order valence-electron chi connectivity index (χ2n) is 5.34. The van der Waals surface area contributed by atoms with Crippen LogP contribution < -0.4 is 5.32 Å². The molecule has 0 spiro atoms. The molecule has 3 aromatic rings. The first-order chi connectivity index (χ1) is 10.7. The Bertz CT molecular complexity index is 920. The van der Waals surface area contributed by atoms with Crippen LogP contribution in [0.1, 0.15) is 20.8 Å². The van der Waals surface area contributed by atoms with E-state index < -0.39 is 0 Å². The van der Waals surface area contributed by atoms with Gasteiger partial charge in [-0.25, -0.2) is 4.98 Å². The molecule has 1 N–H and O–H groups in total. The molecule has 110 valence electrons. The third kappa shape index (κ3) is 1.64. The topological polar surface area (TPSA) is 68.9 Å². The van der Waals surface area contributed by atoms with E-state index in [9.17, 15) is 9.59 Å². The molecular formula is C16H14N4O2. The zero-order chi connectivity index (χ0) is 15.3. The summed E-state index contributed by atoms with van der Waals surface area (Å²) in [6, 6.07) is 9.21. The molecule has 3 heterocycles. The number of amides is 1. The van der Waals surface area contributed by atoms with Crippen LogP contribution in [-0.4, -0.2) is 32.9 Å². The molecule has 2 aromatic heterocycles. The summed E-state index contributed by atoms with van der Waals surface area (Å²) >= 11 is 0. The van der Waals surface area contributed by atoms with Crippen LogP contribution >= 0.6 is 0 Å². The number of imidazole rings is 1. The van der Waals surface area contributed by atoms with Crippen LogP contribution in [0.4, 0.5) is 0 Å². The molecule has 4 rings (SSSR count). The minimum atomic E-state index is -0.0729. The lowest BCUT2D eigenvalue weighted by molar-refractivity contribution is 0.0956. The van der Waals surface area contributed by atoms with Crippen molar-refractivity contribution in [3.63, 3.8) is 0 Å². The molecule has 0 radical (unpaired) electrons. The Morgan fingerprint density at radius 2 is 2.14 bits per heavy atom. The highest BCUT2D eigenvalue weighted by molar-refractivity contribution is 6.06. The molecule has 0 aliphatic carbocycles. The minimum absolute atomic E-state index is 0.0729. The molecule has 0 saturated heterocycles. The predicted octanol–water partition coefficient (Wildman–Crippen LogP) is 1.60. The van der Waals surface area contributed by atoms with Gasteiger partial charge < -0.3 is 14.5 Å². The van der Waals surface area contributed by atoms with Crippen molar-refractivity contribution in [2.24, 2.45) is 7.05 Å². The first-order valence-electron chi connectivity index (χ1n) is 7.09. The molecule has 1 amide bonds. The van der Waals surface area contributed by atoms with Crippen molar-refractivity contribution < 1.29 is 9.59 Å². The normalized spacial score (nSPS) is 14.0. The van der Waals surface area contributed by atoms with Crippen molar-refractivity contribution in [1.82, 2.24) is 19.4 Å². The van der Waals surface area contributed by atoms with Crippen LogP contribution in [0.15, 0.2) is 30.3 Å². The van der Waals surface area contributed by atoms with Gasteiger partial charge in [0, 0.05) is 20.1 Å². The summed E-state index contributed by atoms with van der Waals surface area (Å²) in [5.41, 5.74) is 3.73. The van der Waals surface area contributed by atoms with Crippen LogP contribution in [0.5, 0.6) is 0 Å². The highest BCUT2D eigenvalue weighted by Crippen LogP contribution is 2.28. The summed E-state index contributed by atoms with van der Waals surface area (Å²) in [5.74, 6) is 0.700. The van der Waals surface area contributed by atoms with Crippen molar-refractivity contribution in [2.45, 2.75) is 6.54 Å². The van der Waals surface area contributed by atoms with Gasteiger partial charge in [-0.1, -0.05) is 6.07 Å². The Hall–Kier alpha value is -2.89. The SMILES string of the molecule is Cn1c(C=O)ccc1-c1nc2cccc3c2n1CCNC3=O. The number of aromatic nitrogens is 3. The largest absolute Gasteiger partial charge is 0.350 e. The maximum atomic E-state index is 12.2. The zero-order valence-electron chi connectivity index (χ0n) is 12.0. The van der Waals surface area contributed by atoms with Gasteiger partial charge in [0.1, 0.15) is 0 Å². The number of nitrogens with zero attached hydrogens (tertiary/aromatic N) is 3. The number of hydrogen-bond donors (Lipinski definition) is 1. The number of para-hydroxylation sites is 1. The number of carbonyl (C=O) groups excluding carboxylic acids is 2. The van der Waals surface area contributed by atoms with E-state index >= 15 is 0 Å². The van der Waals surface area contributed by atoms with Crippen molar-refractivity contribution in [2.75, 3.05) is 6.54 Å². The second kappa shape index (κ2) is 4.56. The molecule has 6 heteroatoms. The monoisotopic (exact) mass is 294 g/mol. The van der Waals surface area contributed by atoms with Crippen LogP contribution in [0.3, 0.4) is 0 Å². The highest BCUT2D eigenvalue weighted by atomic mass is 16.1. The molecule has 0 unspecified atom stereocenters. The number of hydrogen-bond acceptors (Lipinski definition) is 3. The molecule has 1 aliphatic rings. The summed E-state index contributed by atoms with van der Waals surface area (Å²) in [6.45, 7) is 1.20. The van der Waals surface area contributed by atoms with Gasteiger partial charge >= 0.3 is 0 Å². The smallest absolute Gasteiger partial charge is 0.253 e. The first kappa shape index (κ1) is 12.8. The predicted molar refractivity (Wildman–Crippen MR) is 81.9 cm³/mol. The van der Waals surface area contributed by atoms with Gasteiger partial charge in [-0.05, 0) is 24.3 Å². The molecule has 22 heavy (non-hydrogen) atoms. The quantitative estimate of drug-likeness (QED) is 0.730. The van der Waals surface area contributed by atoms with E-state index in [1.807, 2.05) is 40.4 Å². The lowest BCUT2D eigenvalue weighted by Gasteiger charge is -2.08. The van der Waals surface area contributed by atoms with Gasteiger partial charge in [0.25, 0.3) is 5.91 Å². The lowest BCUT2D eigenvalue weighted by Crippen LogP contribution is -2.24. The van der Waals surface area contributed by atoms with Crippen LogP contribution in [0, 0.1) is 0 Å². The summed E-state index contributed by atoms with van der Waals surface area (Å²) in [7, 11) is 1.84. The van der Waals surface area contributed by atoms with E-state index in [-0.39, 0.29) is 5.91 Å². The second-order valence-corrected chi connectivity index (χ2v) is 5.34. The van der Waals surface area contributed by atoms with E-state index in [4.69, 9.17) is 0 Å². The Labute approximate surface area is 126 Å². The maximum Gasteiger partial charge on any atom is 0.253 e. The first-order valence-corrected chi connectivity index (χ1v) is 7.09. The van der Waals surface area contributed by atoms with E-state index in [1.165, 1.54) is 0 Å². The molecule has 0 saturated carbocycles. The molecule has 0 bridgehead atoms. The van der Waals surface area contributed by atoms with Crippen molar-refractivity contribution in [1.29, 1.82) is 0 Å². The standard InChI is InChI=1S/C16H14N4O2/c1-19-10(9-21)5-6-13(19)15-18-12-4-2-3-11-14(12)20(15)8-7-17-16(11)22/h2-6,9H,7-8H2,1H3,(H,17,22). The van der Waals surface area contributed by atoms with Crippen molar-refractivity contribution in [3.05, 3.63) is 41.6 Å². The highest BCUT2D eigenvalue weighted by Gasteiger charge is 2.22. The van der Waals surface area contributed by atoms with Gasteiger partial charge in [-0.15, -0.1) is 0 Å². The zero-order valence-corrected chi connectivity index (χ0v) is 12.0. The number of benzene rings is 1. The van der Waals surface area contributed by atoms with Crippen LogP contribution in [0.25, 0.3) is 22.6 Å². The van der Waals surface area contributed by atoms with Gasteiger partial charge in [0.2, 0.25) is 0 Å². The summed E-state index contributed by atoms with van der Waals surface area (Å²) < 4.78 is 3.87. The molecule has 0 atom stereocenters. The number of carbonyl (C=O) groups is 2.